The van der Waals surface area contributed by atoms with Crippen LogP contribution in [-0.2, 0) is 6.54 Å². The normalized spacial score (nSPS) is 10.5. The summed E-state index contributed by atoms with van der Waals surface area (Å²) in [6.07, 6.45) is 0.966. The van der Waals surface area contributed by atoms with Gasteiger partial charge < -0.3 is 14.8 Å². The molecule has 0 saturated carbocycles. The average molecular weight is 392 g/mol. The van der Waals surface area contributed by atoms with Crippen LogP contribution in [-0.4, -0.2) is 13.2 Å². The molecule has 24 heavy (non-hydrogen) atoms. The van der Waals surface area contributed by atoms with Crippen molar-refractivity contribution >= 4 is 21.6 Å². The Labute approximate surface area is 153 Å². The monoisotopic (exact) mass is 391 g/mol. The van der Waals surface area contributed by atoms with Gasteiger partial charge in [-0.2, -0.15) is 0 Å². The van der Waals surface area contributed by atoms with Gasteiger partial charge in [0.1, 0.15) is 0 Å². The quantitative estimate of drug-likeness (QED) is 0.610. The topological polar surface area (TPSA) is 30.5 Å². The molecule has 0 amide bonds. The lowest BCUT2D eigenvalue weighted by atomic mass is 10.1. The van der Waals surface area contributed by atoms with Crippen molar-refractivity contribution in [2.75, 3.05) is 18.5 Å². The first-order chi connectivity index (χ1) is 11.5. The van der Waals surface area contributed by atoms with Crippen molar-refractivity contribution in [3.63, 3.8) is 0 Å². The Balaban J connectivity index is 2.17. The molecule has 3 nitrogen and oxygen atoms in total. The smallest absolute Gasteiger partial charge is 0.175 e. The van der Waals surface area contributed by atoms with Gasteiger partial charge in [-0.05, 0) is 72.4 Å². The molecule has 0 radical (unpaired) electrons. The molecule has 0 saturated heterocycles. The van der Waals surface area contributed by atoms with Crippen LogP contribution in [0.1, 0.15) is 37.0 Å². The number of hydrogen-bond donors (Lipinski definition) is 1. The first-order valence-electron chi connectivity index (χ1n) is 8.44. The Kier molecular flexibility index (Phi) is 6.98. The maximum Gasteiger partial charge on any atom is 0.175 e. The number of nitrogens with one attached hydrogen (secondary N) is 1. The lowest BCUT2D eigenvalue weighted by Crippen LogP contribution is -2.05. The van der Waals surface area contributed by atoms with Gasteiger partial charge in [0.15, 0.2) is 11.5 Å². The molecule has 0 heterocycles. The van der Waals surface area contributed by atoms with Crippen LogP contribution in [0.15, 0.2) is 34.8 Å². The van der Waals surface area contributed by atoms with E-state index in [9.17, 15) is 0 Å². The molecule has 0 unspecified atom stereocenters. The molecule has 0 aliphatic rings. The molecular weight excluding hydrogens is 366 g/mol. The summed E-state index contributed by atoms with van der Waals surface area (Å²) in [5.74, 6) is 1.58. The highest BCUT2D eigenvalue weighted by Gasteiger charge is 2.12. The van der Waals surface area contributed by atoms with Crippen LogP contribution in [0.3, 0.4) is 0 Å². The highest BCUT2D eigenvalue weighted by Crippen LogP contribution is 2.37. The van der Waals surface area contributed by atoms with Crippen molar-refractivity contribution in [1.82, 2.24) is 0 Å². The molecule has 2 aromatic rings. The molecule has 0 fully saturated rings. The van der Waals surface area contributed by atoms with Crippen LogP contribution in [0, 0.1) is 13.8 Å². The van der Waals surface area contributed by atoms with E-state index in [1.54, 1.807) is 0 Å². The molecule has 1 N–H and O–H groups in total. The van der Waals surface area contributed by atoms with Gasteiger partial charge >= 0.3 is 0 Å². The maximum absolute atomic E-state index is 5.83. The standard InChI is InChI=1S/C20H26BrNO2/c1-5-9-24-20-17(21)11-16(12-19(20)23-6-2)13-22-18-8-7-14(3)10-15(18)4/h7-8,10-12,22H,5-6,9,13H2,1-4H3. The second kappa shape index (κ2) is 8.97. The molecule has 0 atom stereocenters. The lowest BCUT2D eigenvalue weighted by Gasteiger charge is -2.16. The maximum atomic E-state index is 5.83. The molecule has 0 aliphatic carbocycles. The first kappa shape index (κ1) is 18.7. The largest absolute Gasteiger partial charge is 0.490 e. The fourth-order valence-corrected chi connectivity index (χ4v) is 3.14. The van der Waals surface area contributed by atoms with Crippen molar-refractivity contribution in [3.8, 4) is 11.5 Å². The summed E-state index contributed by atoms with van der Waals surface area (Å²) in [6.45, 7) is 10.3. The second-order valence-corrected chi connectivity index (χ2v) is 6.71. The predicted molar refractivity (Wildman–Crippen MR) is 104 cm³/mol. The SMILES string of the molecule is CCCOc1c(Br)cc(CNc2ccc(C)cc2C)cc1OCC. The summed E-state index contributed by atoms with van der Waals surface area (Å²) < 4.78 is 12.5. The molecule has 0 aromatic heterocycles. The Hall–Kier alpha value is -1.68. The molecule has 2 aromatic carbocycles. The molecule has 130 valence electrons. The van der Waals surface area contributed by atoms with Gasteiger partial charge in [0.05, 0.1) is 17.7 Å². The van der Waals surface area contributed by atoms with E-state index in [1.165, 1.54) is 11.1 Å². The number of ether oxygens (including phenoxy) is 2. The summed E-state index contributed by atoms with van der Waals surface area (Å²) in [5.41, 5.74) is 4.83. The van der Waals surface area contributed by atoms with Crippen LogP contribution < -0.4 is 14.8 Å². The van der Waals surface area contributed by atoms with Crippen molar-refractivity contribution in [2.24, 2.45) is 0 Å². The summed E-state index contributed by atoms with van der Waals surface area (Å²) in [6, 6.07) is 10.6. The lowest BCUT2D eigenvalue weighted by molar-refractivity contribution is 0.275. The van der Waals surface area contributed by atoms with Gasteiger partial charge in [0.2, 0.25) is 0 Å². The highest BCUT2D eigenvalue weighted by molar-refractivity contribution is 9.10. The van der Waals surface area contributed by atoms with Crippen LogP contribution >= 0.6 is 15.9 Å². The van der Waals surface area contributed by atoms with Crippen LogP contribution in [0.2, 0.25) is 0 Å². The van der Waals surface area contributed by atoms with E-state index in [0.29, 0.717) is 13.2 Å². The minimum Gasteiger partial charge on any atom is -0.490 e. The second-order valence-electron chi connectivity index (χ2n) is 5.86. The Bertz CT molecular complexity index is 686. The molecule has 0 spiro atoms. The third-order valence-electron chi connectivity index (χ3n) is 3.68. The number of halogens is 1. The third kappa shape index (κ3) is 4.91. The summed E-state index contributed by atoms with van der Waals surface area (Å²) in [4.78, 5) is 0. The zero-order chi connectivity index (χ0) is 17.5. The first-order valence-corrected chi connectivity index (χ1v) is 9.23. The van der Waals surface area contributed by atoms with E-state index in [4.69, 9.17) is 9.47 Å². The number of rotatable bonds is 8. The van der Waals surface area contributed by atoms with E-state index in [0.717, 1.165) is 40.2 Å². The van der Waals surface area contributed by atoms with Crippen molar-refractivity contribution in [2.45, 2.75) is 40.7 Å². The summed E-state index contributed by atoms with van der Waals surface area (Å²) in [5, 5.41) is 3.50. The van der Waals surface area contributed by atoms with Gasteiger partial charge in [-0.15, -0.1) is 0 Å². The molecule has 4 heteroatoms. The number of hydrogen-bond acceptors (Lipinski definition) is 3. The Morgan fingerprint density at radius 3 is 2.50 bits per heavy atom. The van der Waals surface area contributed by atoms with Gasteiger partial charge in [-0.25, -0.2) is 0 Å². The zero-order valence-corrected chi connectivity index (χ0v) is 16.5. The number of aryl methyl sites for hydroxylation is 2. The van der Waals surface area contributed by atoms with Crippen LogP contribution in [0.5, 0.6) is 11.5 Å². The average Bonchev–Trinajstić information content (AvgIpc) is 2.53. The minimum atomic E-state index is 0.614. The fraction of sp³-hybridized carbons (Fsp3) is 0.400. The van der Waals surface area contributed by atoms with Crippen molar-refractivity contribution in [3.05, 3.63) is 51.5 Å². The predicted octanol–water partition coefficient (Wildman–Crippen LogP) is 5.87. The van der Waals surface area contributed by atoms with Crippen molar-refractivity contribution < 1.29 is 9.47 Å². The van der Waals surface area contributed by atoms with E-state index in [2.05, 4.69) is 72.3 Å². The Morgan fingerprint density at radius 2 is 1.83 bits per heavy atom. The minimum absolute atomic E-state index is 0.614. The summed E-state index contributed by atoms with van der Waals surface area (Å²) in [7, 11) is 0. The van der Waals surface area contributed by atoms with Gasteiger partial charge in [0, 0.05) is 12.2 Å². The van der Waals surface area contributed by atoms with E-state index < -0.39 is 0 Å². The van der Waals surface area contributed by atoms with Crippen LogP contribution in [0.4, 0.5) is 5.69 Å². The number of benzene rings is 2. The van der Waals surface area contributed by atoms with E-state index >= 15 is 0 Å². The van der Waals surface area contributed by atoms with E-state index in [-0.39, 0.29) is 0 Å². The molecule has 2 rings (SSSR count). The van der Waals surface area contributed by atoms with Crippen molar-refractivity contribution in [1.29, 1.82) is 0 Å². The highest BCUT2D eigenvalue weighted by atomic mass is 79.9. The van der Waals surface area contributed by atoms with Crippen LogP contribution in [0.25, 0.3) is 0 Å². The third-order valence-corrected chi connectivity index (χ3v) is 4.27. The Morgan fingerprint density at radius 1 is 1.04 bits per heavy atom. The molecular formula is C20H26BrNO2. The zero-order valence-electron chi connectivity index (χ0n) is 14.9. The van der Waals surface area contributed by atoms with Gasteiger partial charge in [0.25, 0.3) is 0 Å². The van der Waals surface area contributed by atoms with Gasteiger partial charge in [-0.3, -0.25) is 0 Å². The van der Waals surface area contributed by atoms with E-state index in [1.807, 2.05) is 6.92 Å². The molecule has 0 bridgehead atoms. The summed E-state index contributed by atoms with van der Waals surface area (Å²) >= 11 is 3.62. The molecule has 0 aliphatic heterocycles. The fourth-order valence-electron chi connectivity index (χ4n) is 2.54. The number of anilines is 1. The van der Waals surface area contributed by atoms with Gasteiger partial charge in [-0.1, -0.05) is 24.6 Å².